The van der Waals surface area contributed by atoms with Crippen LogP contribution < -0.4 is 5.73 Å². The zero-order chi connectivity index (χ0) is 12.0. The Bertz CT molecular complexity index is 551. The van der Waals surface area contributed by atoms with Crippen molar-refractivity contribution < 1.29 is 0 Å². The summed E-state index contributed by atoms with van der Waals surface area (Å²) >= 11 is 0. The van der Waals surface area contributed by atoms with E-state index in [1.807, 2.05) is 17.8 Å². The van der Waals surface area contributed by atoms with E-state index >= 15 is 0 Å². The van der Waals surface area contributed by atoms with Gasteiger partial charge in [-0.3, -0.25) is 0 Å². The van der Waals surface area contributed by atoms with E-state index in [4.69, 9.17) is 10.7 Å². The predicted octanol–water partition coefficient (Wildman–Crippen LogP) is 0.637. The summed E-state index contributed by atoms with van der Waals surface area (Å²) in [5.74, 6) is 0.990. The second-order valence-corrected chi connectivity index (χ2v) is 4.78. The molecule has 0 amide bonds. The van der Waals surface area contributed by atoms with Gasteiger partial charge in [0.25, 0.3) is 0 Å². The van der Waals surface area contributed by atoms with E-state index in [0.29, 0.717) is 0 Å². The van der Waals surface area contributed by atoms with Gasteiger partial charge >= 0.3 is 0 Å². The van der Waals surface area contributed by atoms with Crippen molar-refractivity contribution in [2.45, 2.75) is 25.3 Å². The highest BCUT2D eigenvalue weighted by atomic mass is 15.1. The Labute approximate surface area is 100 Å². The maximum absolute atomic E-state index is 5.99. The molecule has 2 aromatic heterocycles. The van der Waals surface area contributed by atoms with Crippen molar-refractivity contribution in [3.05, 3.63) is 23.9 Å². The Morgan fingerprint density at radius 3 is 2.94 bits per heavy atom. The Kier molecular flexibility index (Phi) is 2.29. The van der Waals surface area contributed by atoms with Gasteiger partial charge < -0.3 is 14.9 Å². The van der Waals surface area contributed by atoms with Crippen LogP contribution in [0.5, 0.6) is 0 Å². The monoisotopic (exact) mass is 231 g/mol. The van der Waals surface area contributed by atoms with Crippen molar-refractivity contribution in [2.75, 3.05) is 0 Å². The number of aromatic nitrogens is 4. The van der Waals surface area contributed by atoms with E-state index in [2.05, 4.69) is 16.6 Å². The van der Waals surface area contributed by atoms with E-state index < -0.39 is 0 Å². The molecule has 0 aliphatic heterocycles. The molecule has 2 aromatic rings. The summed E-state index contributed by atoms with van der Waals surface area (Å²) in [5.41, 5.74) is 9.52. The Balaban J connectivity index is 2.11. The van der Waals surface area contributed by atoms with Crippen molar-refractivity contribution in [3.8, 4) is 11.5 Å². The molecule has 0 radical (unpaired) electrons. The van der Waals surface area contributed by atoms with Gasteiger partial charge in [0.1, 0.15) is 5.69 Å². The molecule has 90 valence electrons. The van der Waals surface area contributed by atoms with Crippen molar-refractivity contribution in [1.29, 1.82) is 0 Å². The van der Waals surface area contributed by atoms with Gasteiger partial charge in [0.15, 0.2) is 5.82 Å². The molecule has 1 aliphatic rings. The highest BCUT2D eigenvalue weighted by molar-refractivity contribution is 5.51. The standard InChI is InChI=1S/C12H17N5/c1-16-7-14-6-11(16)12-15-9-5-8(13)3-4-10(9)17(12)2/h6-8H,3-5,13H2,1-2H3. The maximum atomic E-state index is 5.99. The Hall–Kier alpha value is -1.62. The molecular weight excluding hydrogens is 214 g/mol. The lowest BCUT2D eigenvalue weighted by Gasteiger charge is -2.17. The van der Waals surface area contributed by atoms with Gasteiger partial charge in [-0.15, -0.1) is 0 Å². The molecule has 1 atom stereocenters. The molecule has 2 heterocycles. The fourth-order valence-corrected chi connectivity index (χ4v) is 2.54. The second kappa shape index (κ2) is 3.70. The van der Waals surface area contributed by atoms with E-state index in [1.165, 1.54) is 5.69 Å². The van der Waals surface area contributed by atoms with Gasteiger partial charge in [-0.1, -0.05) is 0 Å². The molecule has 1 unspecified atom stereocenters. The molecule has 0 saturated heterocycles. The summed E-state index contributed by atoms with van der Waals surface area (Å²) in [6.45, 7) is 0. The molecule has 5 heteroatoms. The average Bonchev–Trinajstić information content (AvgIpc) is 2.83. The largest absolute Gasteiger partial charge is 0.331 e. The SMILES string of the molecule is Cn1cncc1-c1nc2c(n1C)CCC(N)C2. The minimum absolute atomic E-state index is 0.261. The van der Waals surface area contributed by atoms with Crippen LogP contribution in [0.4, 0.5) is 0 Å². The summed E-state index contributed by atoms with van der Waals surface area (Å²) in [6.07, 6.45) is 6.62. The third-order valence-corrected chi connectivity index (χ3v) is 3.55. The topological polar surface area (TPSA) is 61.7 Å². The zero-order valence-corrected chi connectivity index (χ0v) is 10.2. The zero-order valence-electron chi connectivity index (χ0n) is 10.2. The minimum Gasteiger partial charge on any atom is -0.331 e. The molecule has 0 fully saturated rings. The van der Waals surface area contributed by atoms with Crippen molar-refractivity contribution in [2.24, 2.45) is 19.8 Å². The van der Waals surface area contributed by atoms with Crippen molar-refractivity contribution >= 4 is 0 Å². The van der Waals surface area contributed by atoms with Crippen LogP contribution in [0.3, 0.4) is 0 Å². The van der Waals surface area contributed by atoms with E-state index in [-0.39, 0.29) is 6.04 Å². The van der Waals surface area contributed by atoms with Crippen molar-refractivity contribution in [3.63, 3.8) is 0 Å². The van der Waals surface area contributed by atoms with Gasteiger partial charge in [-0.05, 0) is 12.8 Å². The van der Waals surface area contributed by atoms with Crippen molar-refractivity contribution in [1.82, 2.24) is 19.1 Å². The highest BCUT2D eigenvalue weighted by Crippen LogP contribution is 2.25. The molecule has 17 heavy (non-hydrogen) atoms. The highest BCUT2D eigenvalue weighted by Gasteiger charge is 2.23. The fourth-order valence-electron chi connectivity index (χ4n) is 2.54. The van der Waals surface area contributed by atoms with E-state index in [9.17, 15) is 0 Å². The molecule has 0 spiro atoms. The van der Waals surface area contributed by atoms with Crippen LogP contribution in [0, 0.1) is 0 Å². The number of hydrogen-bond acceptors (Lipinski definition) is 3. The number of fused-ring (bicyclic) bond motifs is 1. The van der Waals surface area contributed by atoms with Crippen LogP contribution in [-0.4, -0.2) is 25.1 Å². The average molecular weight is 231 g/mol. The summed E-state index contributed by atoms with van der Waals surface area (Å²) in [6, 6.07) is 0.261. The number of rotatable bonds is 1. The summed E-state index contributed by atoms with van der Waals surface area (Å²) in [5, 5.41) is 0. The number of nitrogens with two attached hydrogens (primary N) is 1. The van der Waals surface area contributed by atoms with Gasteiger partial charge in [0.05, 0.1) is 18.2 Å². The Morgan fingerprint density at radius 1 is 1.41 bits per heavy atom. The Morgan fingerprint density at radius 2 is 2.24 bits per heavy atom. The summed E-state index contributed by atoms with van der Waals surface area (Å²) in [7, 11) is 4.06. The second-order valence-electron chi connectivity index (χ2n) is 4.78. The number of nitrogens with zero attached hydrogens (tertiary/aromatic N) is 4. The molecular formula is C12H17N5. The first-order valence-corrected chi connectivity index (χ1v) is 5.93. The predicted molar refractivity (Wildman–Crippen MR) is 65.4 cm³/mol. The van der Waals surface area contributed by atoms with Crippen LogP contribution in [0.25, 0.3) is 11.5 Å². The molecule has 5 nitrogen and oxygen atoms in total. The smallest absolute Gasteiger partial charge is 0.158 e. The lowest BCUT2D eigenvalue weighted by molar-refractivity contribution is 0.554. The first-order chi connectivity index (χ1) is 8.16. The van der Waals surface area contributed by atoms with Crippen LogP contribution in [0.15, 0.2) is 12.5 Å². The molecule has 0 saturated carbocycles. The fraction of sp³-hybridized carbons (Fsp3) is 0.500. The molecule has 2 N–H and O–H groups in total. The normalized spacial score (nSPS) is 19.4. The first-order valence-electron chi connectivity index (χ1n) is 5.93. The third-order valence-electron chi connectivity index (χ3n) is 3.55. The van der Waals surface area contributed by atoms with Crippen LogP contribution in [0.2, 0.25) is 0 Å². The van der Waals surface area contributed by atoms with Gasteiger partial charge in [0, 0.05) is 32.3 Å². The van der Waals surface area contributed by atoms with Crippen LogP contribution in [-0.2, 0) is 26.9 Å². The lowest BCUT2D eigenvalue weighted by Crippen LogP contribution is -2.28. The van der Waals surface area contributed by atoms with Gasteiger partial charge in [-0.2, -0.15) is 0 Å². The first kappa shape index (κ1) is 10.5. The number of hydrogen-bond donors (Lipinski definition) is 1. The molecule has 0 bridgehead atoms. The lowest BCUT2D eigenvalue weighted by atomic mass is 9.97. The number of imidazole rings is 2. The molecule has 0 aromatic carbocycles. The van der Waals surface area contributed by atoms with Gasteiger partial charge in [0.2, 0.25) is 0 Å². The maximum Gasteiger partial charge on any atom is 0.158 e. The minimum atomic E-state index is 0.261. The molecule has 1 aliphatic carbocycles. The quantitative estimate of drug-likeness (QED) is 0.783. The summed E-state index contributed by atoms with van der Waals surface area (Å²) in [4.78, 5) is 8.87. The van der Waals surface area contributed by atoms with Crippen LogP contribution in [0.1, 0.15) is 17.8 Å². The van der Waals surface area contributed by atoms with Gasteiger partial charge in [-0.25, -0.2) is 9.97 Å². The van der Waals surface area contributed by atoms with E-state index in [1.54, 1.807) is 6.33 Å². The molecule has 3 rings (SSSR count). The van der Waals surface area contributed by atoms with E-state index in [0.717, 1.165) is 36.5 Å². The summed E-state index contributed by atoms with van der Waals surface area (Å²) < 4.78 is 4.17. The van der Waals surface area contributed by atoms with Crippen LogP contribution >= 0.6 is 0 Å². The third kappa shape index (κ3) is 1.58. The number of aryl methyl sites for hydroxylation is 1.